The summed E-state index contributed by atoms with van der Waals surface area (Å²) in [5.41, 5.74) is 1.05. The fourth-order valence-corrected chi connectivity index (χ4v) is 3.20. The Bertz CT molecular complexity index is 471. The van der Waals surface area contributed by atoms with Gasteiger partial charge in [-0.3, -0.25) is 0 Å². The number of nitrogens with one attached hydrogen (secondary N) is 1. The Balaban J connectivity index is 2.89. The molecule has 0 fully saturated rings. The maximum absolute atomic E-state index is 12.3. The lowest BCUT2D eigenvalue weighted by Crippen LogP contribution is -2.33. The minimum atomic E-state index is -3.50. The molecule has 0 amide bonds. The van der Waals surface area contributed by atoms with Crippen LogP contribution in [-0.4, -0.2) is 44.1 Å². The lowest BCUT2D eigenvalue weighted by Gasteiger charge is -2.19. The Hall–Kier alpha value is -0.950. The number of benzene rings is 1. The van der Waals surface area contributed by atoms with Gasteiger partial charge in [-0.15, -0.1) is 0 Å². The number of nitrogens with zero attached hydrogens (tertiary/aromatic N) is 1. The summed E-state index contributed by atoms with van der Waals surface area (Å²) in [6.45, 7) is 5.68. The van der Waals surface area contributed by atoms with E-state index in [1.165, 1.54) is 4.31 Å². The molecule has 0 unspecified atom stereocenters. The van der Waals surface area contributed by atoms with Crippen molar-refractivity contribution < 1.29 is 13.5 Å². The number of sulfonamides is 1. The van der Waals surface area contributed by atoms with Gasteiger partial charge in [0.2, 0.25) is 10.0 Å². The number of hydrogen-bond donors (Lipinski definition) is 2. The summed E-state index contributed by atoms with van der Waals surface area (Å²) in [5.74, 6) is 0. The lowest BCUT2D eigenvalue weighted by molar-refractivity contribution is 0.257. The lowest BCUT2D eigenvalue weighted by atomic mass is 10.2. The molecule has 0 radical (unpaired) electrons. The SMILES string of the molecule is CCNCc1ccc(S(=O)(=O)N(CC)CCO)cc1. The fraction of sp³-hybridized carbons (Fsp3) is 0.538. The van der Waals surface area contributed by atoms with Crippen LogP contribution >= 0.6 is 0 Å². The van der Waals surface area contributed by atoms with Crippen LogP contribution in [0.1, 0.15) is 19.4 Å². The van der Waals surface area contributed by atoms with Crippen molar-refractivity contribution in [1.29, 1.82) is 0 Å². The van der Waals surface area contributed by atoms with Crippen molar-refractivity contribution in [3.8, 4) is 0 Å². The van der Waals surface area contributed by atoms with Crippen molar-refractivity contribution in [2.24, 2.45) is 0 Å². The molecule has 19 heavy (non-hydrogen) atoms. The first kappa shape index (κ1) is 16.1. The molecule has 0 aliphatic carbocycles. The second kappa shape index (κ2) is 7.59. The normalized spacial score (nSPS) is 12.0. The van der Waals surface area contributed by atoms with Crippen LogP contribution in [0.2, 0.25) is 0 Å². The van der Waals surface area contributed by atoms with E-state index in [0.29, 0.717) is 6.54 Å². The monoisotopic (exact) mass is 286 g/mol. The highest BCUT2D eigenvalue weighted by atomic mass is 32.2. The summed E-state index contributed by atoms with van der Waals surface area (Å²) < 4.78 is 25.8. The third kappa shape index (κ3) is 4.28. The molecule has 0 heterocycles. The van der Waals surface area contributed by atoms with Crippen LogP contribution in [0, 0.1) is 0 Å². The molecule has 0 saturated heterocycles. The van der Waals surface area contributed by atoms with E-state index in [2.05, 4.69) is 5.32 Å². The van der Waals surface area contributed by atoms with Crippen LogP contribution in [0.5, 0.6) is 0 Å². The topological polar surface area (TPSA) is 69.6 Å². The fourth-order valence-electron chi connectivity index (χ4n) is 1.76. The van der Waals surface area contributed by atoms with E-state index in [0.717, 1.165) is 18.7 Å². The zero-order chi connectivity index (χ0) is 14.3. The number of hydrogen-bond acceptors (Lipinski definition) is 4. The van der Waals surface area contributed by atoms with Gasteiger partial charge >= 0.3 is 0 Å². The highest BCUT2D eigenvalue weighted by Crippen LogP contribution is 2.16. The van der Waals surface area contributed by atoms with Crippen molar-refractivity contribution in [3.05, 3.63) is 29.8 Å². The number of likely N-dealkylation sites (N-methyl/N-ethyl adjacent to an activating group) is 1. The summed E-state index contributed by atoms with van der Waals surface area (Å²) in [5, 5.41) is 12.1. The van der Waals surface area contributed by atoms with E-state index in [1.54, 1.807) is 19.1 Å². The Morgan fingerprint density at radius 2 is 1.84 bits per heavy atom. The predicted molar refractivity (Wildman–Crippen MR) is 75.3 cm³/mol. The molecule has 1 rings (SSSR count). The van der Waals surface area contributed by atoms with Gasteiger partial charge in [-0.25, -0.2) is 8.42 Å². The second-order valence-corrected chi connectivity index (χ2v) is 6.08. The third-order valence-corrected chi connectivity index (χ3v) is 4.83. The van der Waals surface area contributed by atoms with Crippen molar-refractivity contribution >= 4 is 10.0 Å². The van der Waals surface area contributed by atoms with Crippen molar-refractivity contribution in [2.75, 3.05) is 26.2 Å². The van der Waals surface area contributed by atoms with E-state index in [9.17, 15) is 8.42 Å². The molecule has 0 saturated carbocycles. The van der Waals surface area contributed by atoms with Crippen LogP contribution in [0.25, 0.3) is 0 Å². The molecule has 5 nitrogen and oxygen atoms in total. The van der Waals surface area contributed by atoms with Crippen LogP contribution in [-0.2, 0) is 16.6 Å². The molecular formula is C13H22N2O3S. The van der Waals surface area contributed by atoms with Crippen LogP contribution in [0.15, 0.2) is 29.2 Å². The van der Waals surface area contributed by atoms with Gasteiger partial charge in [0, 0.05) is 19.6 Å². The summed E-state index contributed by atoms with van der Waals surface area (Å²) in [7, 11) is -3.50. The molecule has 2 N–H and O–H groups in total. The first-order valence-corrected chi connectivity index (χ1v) is 7.91. The maximum atomic E-state index is 12.3. The average Bonchev–Trinajstić information content (AvgIpc) is 2.42. The summed E-state index contributed by atoms with van der Waals surface area (Å²) in [6.07, 6.45) is 0. The zero-order valence-corrected chi connectivity index (χ0v) is 12.3. The van der Waals surface area contributed by atoms with E-state index in [4.69, 9.17) is 5.11 Å². The van der Waals surface area contributed by atoms with Crippen LogP contribution in [0.4, 0.5) is 0 Å². The Morgan fingerprint density at radius 3 is 2.32 bits per heavy atom. The van der Waals surface area contributed by atoms with Crippen molar-refractivity contribution in [2.45, 2.75) is 25.3 Å². The smallest absolute Gasteiger partial charge is 0.243 e. The Morgan fingerprint density at radius 1 is 1.21 bits per heavy atom. The standard InChI is InChI=1S/C13H22N2O3S/c1-3-14-11-12-5-7-13(8-6-12)19(17,18)15(4-2)9-10-16/h5-8,14,16H,3-4,9-11H2,1-2H3. The quantitative estimate of drug-likeness (QED) is 0.741. The van der Waals surface area contributed by atoms with Gasteiger partial charge in [0.15, 0.2) is 0 Å². The largest absolute Gasteiger partial charge is 0.395 e. The van der Waals surface area contributed by atoms with Crippen molar-refractivity contribution in [1.82, 2.24) is 9.62 Å². The van der Waals surface area contributed by atoms with Gasteiger partial charge in [0.05, 0.1) is 11.5 Å². The number of rotatable bonds is 8. The van der Waals surface area contributed by atoms with Gasteiger partial charge in [0.25, 0.3) is 0 Å². The molecule has 108 valence electrons. The average molecular weight is 286 g/mol. The Kier molecular flexibility index (Phi) is 6.44. The second-order valence-electron chi connectivity index (χ2n) is 4.14. The molecule has 0 spiro atoms. The van der Waals surface area contributed by atoms with Crippen LogP contribution in [0.3, 0.4) is 0 Å². The van der Waals surface area contributed by atoms with E-state index in [1.807, 2.05) is 19.1 Å². The molecule has 0 bridgehead atoms. The molecule has 0 atom stereocenters. The summed E-state index contributed by atoms with van der Waals surface area (Å²) in [6, 6.07) is 6.84. The van der Waals surface area contributed by atoms with E-state index < -0.39 is 10.0 Å². The highest BCUT2D eigenvalue weighted by molar-refractivity contribution is 7.89. The van der Waals surface area contributed by atoms with Gasteiger partial charge in [-0.05, 0) is 24.2 Å². The van der Waals surface area contributed by atoms with E-state index >= 15 is 0 Å². The highest BCUT2D eigenvalue weighted by Gasteiger charge is 2.22. The molecular weight excluding hydrogens is 264 g/mol. The number of aliphatic hydroxyl groups is 1. The first-order chi connectivity index (χ1) is 9.06. The van der Waals surface area contributed by atoms with Gasteiger partial charge in [0.1, 0.15) is 0 Å². The summed E-state index contributed by atoms with van der Waals surface area (Å²) in [4.78, 5) is 0.267. The molecule has 1 aromatic carbocycles. The van der Waals surface area contributed by atoms with Crippen molar-refractivity contribution in [3.63, 3.8) is 0 Å². The van der Waals surface area contributed by atoms with Gasteiger partial charge in [-0.1, -0.05) is 26.0 Å². The number of aliphatic hydroxyl groups excluding tert-OH is 1. The van der Waals surface area contributed by atoms with Gasteiger partial charge < -0.3 is 10.4 Å². The molecule has 6 heteroatoms. The third-order valence-electron chi connectivity index (χ3n) is 2.84. The van der Waals surface area contributed by atoms with Gasteiger partial charge in [-0.2, -0.15) is 4.31 Å². The molecule has 1 aromatic rings. The zero-order valence-electron chi connectivity index (χ0n) is 11.5. The first-order valence-electron chi connectivity index (χ1n) is 6.46. The van der Waals surface area contributed by atoms with E-state index in [-0.39, 0.29) is 18.0 Å². The minimum absolute atomic E-state index is 0.123. The van der Waals surface area contributed by atoms with Crippen LogP contribution < -0.4 is 5.32 Å². The molecule has 0 aliphatic heterocycles. The minimum Gasteiger partial charge on any atom is -0.395 e. The maximum Gasteiger partial charge on any atom is 0.243 e. The molecule has 0 aromatic heterocycles. The predicted octanol–water partition coefficient (Wildman–Crippen LogP) is 0.799. The summed E-state index contributed by atoms with van der Waals surface area (Å²) >= 11 is 0. The molecule has 0 aliphatic rings. The Labute approximate surface area is 115 Å².